The second-order valence-corrected chi connectivity index (χ2v) is 20.3. The lowest BCUT2D eigenvalue weighted by molar-refractivity contribution is -0.385. The molecule has 2 fully saturated rings. The van der Waals surface area contributed by atoms with Gasteiger partial charge >= 0.3 is 0 Å². The van der Waals surface area contributed by atoms with Crippen LogP contribution in [0.25, 0.3) is 22.5 Å². The van der Waals surface area contributed by atoms with Gasteiger partial charge in [-0.3, -0.25) is 20.2 Å². The molecule has 0 saturated carbocycles. The molecule has 2 aromatic heterocycles. The zero-order valence-corrected chi connectivity index (χ0v) is 37.1. The van der Waals surface area contributed by atoms with Crippen molar-refractivity contribution >= 4 is 76.0 Å². The van der Waals surface area contributed by atoms with E-state index in [0.717, 1.165) is 33.7 Å². The van der Waals surface area contributed by atoms with E-state index in [4.69, 9.17) is 16.6 Å². The fourth-order valence-corrected chi connectivity index (χ4v) is 11.8. The Hall–Kier alpha value is -5.42. The SMILES string of the molecule is Cc1cc(C)cc(-c2csc(N3CCN(S(=O)(=O)c4cccc([N+](=O)[O-])c4)CC3)n2)c1.O=[N+]([O-])c1cccc(S(=O)(=O)N2CCN(c3nc(-c4ccc(F)c(Cl)c4)cs3)CC2)c1. The minimum absolute atomic E-state index is 0.0204. The Balaban J connectivity index is 0.000000186. The van der Waals surface area contributed by atoms with Gasteiger partial charge in [0, 0.05) is 98.5 Å². The second-order valence-electron chi connectivity index (χ2n) is 14.3. The highest BCUT2D eigenvalue weighted by Crippen LogP contribution is 2.33. The molecule has 2 aliphatic rings. The summed E-state index contributed by atoms with van der Waals surface area (Å²) in [5, 5.41) is 27.4. The molecule has 2 saturated heterocycles. The fourth-order valence-electron chi connectivity index (χ4n) is 6.91. The van der Waals surface area contributed by atoms with Gasteiger partial charge in [0.2, 0.25) is 20.0 Å². The molecule has 22 heteroatoms. The van der Waals surface area contributed by atoms with E-state index in [9.17, 15) is 41.5 Å². The first-order valence-electron chi connectivity index (χ1n) is 18.9. The summed E-state index contributed by atoms with van der Waals surface area (Å²) in [6, 6.07) is 21.0. The molecule has 0 spiro atoms. The van der Waals surface area contributed by atoms with E-state index in [-0.39, 0.29) is 39.3 Å². The summed E-state index contributed by atoms with van der Waals surface area (Å²) < 4.78 is 67.7. The lowest BCUT2D eigenvalue weighted by Crippen LogP contribution is -2.48. The first-order valence-corrected chi connectivity index (χ1v) is 24.0. The number of hydrogen-bond donors (Lipinski definition) is 0. The average Bonchev–Trinajstić information content (AvgIpc) is 3.97. The van der Waals surface area contributed by atoms with Gasteiger partial charge in [0.1, 0.15) is 5.82 Å². The fraction of sp³-hybridized carbons (Fsp3) is 0.250. The summed E-state index contributed by atoms with van der Waals surface area (Å²) in [4.78, 5) is 34.0. The van der Waals surface area contributed by atoms with Gasteiger partial charge in [-0.2, -0.15) is 8.61 Å². The molecular formula is C40H38ClFN8O8S4. The van der Waals surface area contributed by atoms with Gasteiger partial charge in [-0.05, 0) is 56.3 Å². The minimum atomic E-state index is -3.84. The van der Waals surface area contributed by atoms with Crippen LogP contribution < -0.4 is 9.80 Å². The van der Waals surface area contributed by atoms with E-state index in [1.165, 1.54) is 79.6 Å². The van der Waals surface area contributed by atoms with Crippen LogP contribution in [0.3, 0.4) is 0 Å². The van der Waals surface area contributed by atoms with Crippen molar-refractivity contribution in [3.05, 3.63) is 138 Å². The molecule has 8 rings (SSSR count). The van der Waals surface area contributed by atoms with Crippen LogP contribution in [0.1, 0.15) is 11.1 Å². The number of non-ortho nitro benzene ring substituents is 2. The lowest BCUT2D eigenvalue weighted by Gasteiger charge is -2.33. The van der Waals surface area contributed by atoms with E-state index < -0.39 is 35.7 Å². The molecular weight excluding hydrogens is 903 g/mol. The normalized spacial score (nSPS) is 15.2. The largest absolute Gasteiger partial charge is 0.345 e. The topological polar surface area (TPSA) is 193 Å². The highest BCUT2D eigenvalue weighted by atomic mass is 35.5. The molecule has 324 valence electrons. The molecule has 0 aliphatic carbocycles. The summed E-state index contributed by atoms with van der Waals surface area (Å²) in [5.74, 6) is -0.498. The van der Waals surface area contributed by atoms with Crippen LogP contribution in [-0.2, 0) is 20.0 Å². The van der Waals surface area contributed by atoms with E-state index in [0.29, 0.717) is 50.5 Å². The first kappa shape index (κ1) is 44.6. The predicted molar refractivity (Wildman–Crippen MR) is 238 cm³/mol. The number of benzene rings is 4. The van der Waals surface area contributed by atoms with Crippen molar-refractivity contribution in [1.82, 2.24) is 18.6 Å². The zero-order chi connectivity index (χ0) is 44.3. The van der Waals surface area contributed by atoms with Gasteiger partial charge in [0.05, 0.1) is 36.0 Å². The summed E-state index contributed by atoms with van der Waals surface area (Å²) in [6.45, 7) is 7.02. The zero-order valence-electron chi connectivity index (χ0n) is 33.1. The average molecular weight is 942 g/mol. The molecule has 0 amide bonds. The Morgan fingerprint density at radius 1 is 0.613 bits per heavy atom. The summed E-state index contributed by atoms with van der Waals surface area (Å²) in [7, 11) is -7.62. The number of halogens is 2. The monoisotopic (exact) mass is 940 g/mol. The number of nitrogens with zero attached hydrogens (tertiary/aromatic N) is 8. The van der Waals surface area contributed by atoms with E-state index >= 15 is 0 Å². The number of nitro benzene ring substituents is 2. The molecule has 0 bridgehead atoms. The van der Waals surface area contributed by atoms with Crippen molar-refractivity contribution in [2.75, 3.05) is 62.2 Å². The number of aryl methyl sites for hydroxylation is 2. The van der Waals surface area contributed by atoms with Crippen LogP contribution in [0.15, 0.2) is 105 Å². The summed E-state index contributed by atoms with van der Waals surface area (Å²) in [6.07, 6.45) is 0. The van der Waals surface area contributed by atoms with Crippen molar-refractivity contribution in [2.45, 2.75) is 23.6 Å². The molecule has 16 nitrogen and oxygen atoms in total. The molecule has 0 N–H and O–H groups in total. The molecule has 62 heavy (non-hydrogen) atoms. The Kier molecular flexibility index (Phi) is 13.3. The minimum Gasteiger partial charge on any atom is -0.345 e. The summed E-state index contributed by atoms with van der Waals surface area (Å²) >= 11 is 8.80. The third-order valence-corrected chi connectivity index (χ3v) is 15.9. The maximum Gasteiger partial charge on any atom is 0.270 e. The van der Waals surface area contributed by atoms with Crippen molar-refractivity contribution in [1.29, 1.82) is 0 Å². The Bertz CT molecular complexity index is 2840. The van der Waals surface area contributed by atoms with Gasteiger partial charge in [-0.1, -0.05) is 40.9 Å². The molecule has 2 aliphatic heterocycles. The number of thiazole rings is 2. The first-order chi connectivity index (χ1) is 29.5. The number of anilines is 2. The molecule has 0 atom stereocenters. The van der Waals surface area contributed by atoms with Gasteiger partial charge < -0.3 is 9.80 Å². The molecule has 4 heterocycles. The van der Waals surface area contributed by atoms with Gasteiger partial charge in [0.15, 0.2) is 10.3 Å². The number of aromatic nitrogens is 2. The Morgan fingerprint density at radius 3 is 1.47 bits per heavy atom. The van der Waals surface area contributed by atoms with E-state index in [2.05, 4.69) is 41.9 Å². The molecule has 0 radical (unpaired) electrons. The maximum atomic E-state index is 13.4. The Morgan fingerprint density at radius 2 is 1.05 bits per heavy atom. The maximum absolute atomic E-state index is 13.4. The standard InChI is InChI=1S/C21H22N4O4S2.C19H16ClFN4O4S2/c1-15-10-16(2)12-17(11-15)20-14-30-21(22-20)23-6-8-24(9-7-23)31(28,29)19-5-3-4-18(13-19)25(26)27;20-16-10-13(4-5-17(16)21)18-12-30-19(22-18)23-6-8-24(9-7-23)31(28,29)15-3-1-2-14(11-15)25(26)27/h3-5,10-14H,6-9H2,1-2H3;1-5,10-12H,6-9H2. The van der Waals surface area contributed by atoms with Crippen LogP contribution in [0.4, 0.5) is 26.0 Å². The van der Waals surface area contributed by atoms with Crippen molar-refractivity contribution in [3.63, 3.8) is 0 Å². The quantitative estimate of drug-likeness (QED) is 0.0955. The van der Waals surface area contributed by atoms with Gasteiger partial charge in [0.25, 0.3) is 11.4 Å². The van der Waals surface area contributed by atoms with Crippen molar-refractivity contribution in [3.8, 4) is 22.5 Å². The van der Waals surface area contributed by atoms with Crippen LogP contribution in [0, 0.1) is 39.9 Å². The number of hydrogen-bond acceptors (Lipinski definition) is 14. The third-order valence-electron chi connectivity index (χ3n) is 10.1. The second kappa shape index (κ2) is 18.5. The van der Waals surface area contributed by atoms with Gasteiger partial charge in [-0.15, -0.1) is 22.7 Å². The van der Waals surface area contributed by atoms with Crippen molar-refractivity contribution in [2.24, 2.45) is 0 Å². The number of sulfonamides is 2. The number of piperazine rings is 2. The predicted octanol–water partition coefficient (Wildman–Crippen LogP) is 7.87. The summed E-state index contributed by atoms with van der Waals surface area (Å²) in [5.41, 5.74) is 5.21. The van der Waals surface area contributed by atoms with E-state index in [1.807, 2.05) is 15.7 Å². The van der Waals surface area contributed by atoms with Crippen LogP contribution in [-0.4, -0.2) is 97.6 Å². The van der Waals surface area contributed by atoms with Crippen molar-refractivity contribution < 1.29 is 31.1 Å². The van der Waals surface area contributed by atoms with Crippen LogP contribution >= 0.6 is 34.3 Å². The Labute approximate surface area is 369 Å². The number of nitro groups is 2. The molecule has 4 aromatic carbocycles. The molecule has 0 unspecified atom stereocenters. The highest BCUT2D eigenvalue weighted by molar-refractivity contribution is 7.89. The lowest BCUT2D eigenvalue weighted by atomic mass is 10.1. The van der Waals surface area contributed by atoms with E-state index in [1.54, 1.807) is 17.4 Å². The smallest absolute Gasteiger partial charge is 0.270 e. The van der Waals surface area contributed by atoms with Crippen LogP contribution in [0.5, 0.6) is 0 Å². The van der Waals surface area contributed by atoms with Gasteiger partial charge in [-0.25, -0.2) is 31.2 Å². The third kappa shape index (κ3) is 9.94. The van der Waals surface area contributed by atoms with Crippen LogP contribution in [0.2, 0.25) is 5.02 Å². The highest BCUT2D eigenvalue weighted by Gasteiger charge is 2.32. The number of rotatable bonds is 10. The molecule has 6 aromatic rings.